The molecule has 3 rings (SSSR count). The smallest absolute Gasteiger partial charge is 0.180 e. The van der Waals surface area contributed by atoms with Crippen LogP contribution in [0.4, 0.5) is 5.69 Å². The topological polar surface area (TPSA) is 50.8 Å². The lowest BCUT2D eigenvalue weighted by Crippen LogP contribution is -2.52. The first-order valence-electron chi connectivity index (χ1n) is 8.53. The predicted octanol–water partition coefficient (Wildman–Crippen LogP) is 2.56. The summed E-state index contributed by atoms with van der Waals surface area (Å²) in [6, 6.07) is 5.61. The molecule has 0 bridgehead atoms. The monoisotopic (exact) mass is 318 g/mol. The number of rotatable bonds is 4. The van der Waals surface area contributed by atoms with Gasteiger partial charge in [0.2, 0.25) is 0 Å². The summed E-state index contributed by atoms with van der Waals surface area (Å²) in [4.78, 5) is 15.3. The van der Waals surface area contributed by atoms with Gasteiger partial charge in [-0.05, 0) is 38.5 Å². The second-order valence-electron chi connectivity index (χ2n) is 6.49. The standard InChI is InChI=1S/C18H26N2O3/c1-4-16(20-10-12(2)23-13(3)11-20)18(21)14-5-6-17-15(9-14)19-7-8-22-17/h5-6,9,12-13,16,19H,4,7-8,10-11H2,1-3H3. The third-order valence-electron chi connectivity index (χ3n) is 4.52. The third-order valence-corrected chi connectivity index (χ3v) is 4.52. The molecule has 0 aromatic heterocycles. The van der Waals surface area contributed by atoms with Gasteiger partial charge in [0.25, 0.3) is 0 Å². The second-order valence-corrected chi connectivity index (χ2v) is 6.49. The molecule has 5 nitrogen and oxygen atoms in total. The van der Waals surface area contributed by atoms with Crippen LogP contribution in [0.5, 0.6) is 5.75 Å². The fraction of sp³-hybridized carbons (Fsp3) is 0.611. The van der Waals surface area contributed by atoms with E-state index < -0.39 is 0 Å². The number of ketones is 1. The van der Waals surface area contributed by atoms with Crippen molar-refractivity contribution < 1.29 is 14.3 Å². The first kappa shape index (κ1) is 16.3. The van der Waals surface area contributed by atoms with E-state index in [4.69, 9.17) is 9.47 Å². The van der Waals surface area contributed by atoms with Crippen LogP contribution >= 0.6 is 0 Å². The van der Waals surface area contributed by atoms with Crippen LogP contribution in [-0.4, -0.2) is 55.2 Å². The summed E-state index contributed by atoms with van der Waals surface area (Å²) in [5.41, 5.74) is 1.67. The van der Waals surface area contributed by atoms with Crippen molar-refractivity contribution >= 4 is 11.5 Å². The highest BCUT2D eigenvalue weighted by Gasteiger charge is 2.31. The Balaban J connectivity index is 1.79. The number of anilines is 1. The van der Waals surface area contributed by atoms with E-state index in [2.05, 4.69) is 31.0 Å². The zero-order valence-corrected chi connectivity index (χ0v) is 14.2. The number of hydrogen-bond donors (Lipinski definition) is 1. The van der Waals surface area contributed by atoms with Gasteiger partial charge < -0.3 is 14.8 Å². The maximum atomic E-state index is 13.0. The lowest BCUT2D eigenvalue weighted by Gasteiger charge is -2.39. The number of benzene rings is 1. The maximum absolute atomic E-state index is 13.0. The number of carbonyl (C=O) groups is 1. The molecule has 2 aliphatic heterocycles. The molecular formula is C18H26N2O3. The fourth-order valence-corrected chi connectivity index (χ4v) is 3.57. The van der Waals surface area contributed by atoms with E-state index in [1.807, 2.05) is 18.2 Å². The number of Topliss-reactive ketones (excluding diaryl/α,β-unsaturated/α-hetero) is 1. The predicted molar refractivity (Wildman–Crippen MR) is 90.4 cm³/mol. The third kappa shape index (κ3) is 3.51. The summed E-state index contributed by atoms with van der Waals surface area (Å²) >= 11 is 0. The van der Waals surface area contributed by atoms with Crippen molar-refractivity contribution in [1.29, 1.82) is 0 Å². The van der Waals surface area contributed by atoms with Crippen LogP contribution in [0.3, 0.4) is 0 Å². The van der Waals surface area contributed by atoms with Crippen molar-refractivity contribution in [3.63, 3.8) is 0 Å². The maximum Gasteiger partial charge on any atom is 0.180 e. The summed E-state index contributed by atoms with van der Waals surface area (Å²) in [6.07, 6.45) is 1.14. The Hall–Kier alpha value is -1.59. The lowest BCUT2D eigenvalue weighted by atomic mass is 9.98. The van der Waals surface area contributed by atoms with Gasteiger partial charge >= 0.3 is 0 Å². The van der Waals surface area contributed by atoms with Crippen molar-refractivity contribution in [2.45, 2.75) is 45.4 Å². The summed E-state index contributed by atoms with van der Waals surface area (Å²) in [6.45, 7) is 9.27. The summed E-state index contributed by atoms with van der Waals surface area (Å²) in [5, 5.41) is 3.30. The Labute approximate surface area is 137 Å². The molecule has 3 atom stereocenters. The minimum atomic E-state index is -0.0913. The molecule has 1 aromatic carbocycles. The highest BCUT2D eigenvalue weighted by atomic mass is 16.5. The molecule has 0 amide bonds. The van der Waals surface area contributed by atoms with Gasteiger partial charge in [-0.25, -0.2) is 0 Å². The zero-order chi connectivity index (χ0) is 16.4. The quantitative estimate of drug-likeness (QED) is 0.865. The average Bonchev–Trinajstić information content (AvgIpc) is 2.54. The molecule has 126 valence electrons. The Morgan fingerprint density at radius 1 is 1.35 bits per heavy atom. The molecule has 0 aliphatic carbocycles. The highest BCUT2D eigenvalue weighted by molar-refractivity contribution is 6.01. The zero-order valence-electron chi connectivity index (χ0n) is 14.2. The number of nitrogens with zero attached hydrogens (tertiary/aromatic N) is 1. The Bertz CT molecular complexity index is 565. The normalized spacial score (nSPS) is 25.9. The summed E-state index contributed by atoms with van der Waals surface area (Å²) in [7, 11) is 0. The van der Waals surface area contributed by atoms with E-state index in [-0.39, 0.29) is 24.0 Å². The minimum absolute atomic E-state index is 0.0913. The molecule has 23 heavy (non-hydrogen) atoms. The fourth-order valence-electron chi connectivity index (χ4n) is 3.57. The van der Waals surface area contributed by atoms with Crippen LogP contribution in [0.15, 0.2) is 18.2 Å². The van der Waals surface area contributed by atoms with Crippen molar-refractivity contribution in [2.75, 3.05) is 31.6 Å². The van der Waals surface area contributed by atoms with Crippen molar-refractivity contribution in [3.05, 3.63) is 23.8 Å². The molecule has 1 aromatic rings. The van der Waals surface area contributed by atoms with Crippen LogP contribution in [-0.2, 0) is 4.74 Å². The van der Waals surface area contributed by atoms with E-state index in [9.17, 15) is 4.79 Å². The molecule has 0 saturated carbocycles. The Kier molecular flexibility index (Phi) is 4.87. The number of carbonyl (C=O) groups excluding carboxylic acids is 1. The molecule has 3 unspecified atom stereocenters. The number of fused-ring (bicyclic) bond motifs is 1. The van der Waals surface area contributed by atoms with Gasteiger partial charge in [0.05, 0.1) is 23.9 Å². The minimum Gasteiger partial charge on any atom is -0.490 e. The number of hydrogen-bond acceptors (Lipinski definition) is 5. The van der Waals surface area contributed by atoms with Gasteiger partial charge in [-0.3, -0.25) is 9.69 Å². The first-order chi connectivity index (χ1) is 11.1. The first-order valence-corrected chi connectivity index (χ1v) is 8.53. The van der Waals surface area contributed by atoms with Gasteiger partial charge in [-0.2, -0.15) is 0 Å². The van der Waals surface area contributed by atoms with Crippen molar-refractivity contribution in [2.24, 2.45) is 0 Å². The number of nitrogens with one attached hydrogen (secondary N) is 1. The summed E-state index contributed by atoms with van der Waals surface area (Å²) in [5.74, 6) is 1.01. The number of morpholine rings is 1. The van der Waals surface area contributed by atoms with E-state index in [1.54, 1.807) is 0 Å². The molecule has 1 N–H and O–H groups in total. The Morgan fingerprint density at radius 3 is 2.78 bits per heavy atom. The number of ether oxygens (including phenoxy) is 2. The van der Waals surface area contributed by atoms with E-state index in [1.165, 1.54) is 0 Å². The molecule has 0 spiro atoms. The van der Waals surface area contributed by atoms with Crippen LogP contribution in [0, 0.1) is 0 Å². The molecular weight excluding hydrogens is 292 g/mol. The van der Waals surface area contributed by atoms with Crippen molar-refractivity contribution in [3.8, 4) is 5.75 Å². The van der Waals surface area contributed by atoms with E-state index in [0.29, 0.717) is 6.61 Å². The molecule has 5 heteroatoms. The van der Waals surface area contributed by atoms with Crippen LogP contribution in [0.1, 0.15) is 37.6 Å². The van der Waals surface area contributed by atoms with E-state index in [0.717, 1.165) is 43.1 Å². The second kappa shape index (κ2) is 6.89. The van der Waals surface area contributed by atoms with Crippen LogP contribution < -0.4 is 10.1 Å². The lowest BCUT2D eigenvalue weighted by molar-refractivity contribution is -0.0764. The average molecular weight is 318 g/mol. The van der Waals surface area contributed by atoms with Crippen LogP contribution in [0.2, 0.25) is 0 Å². The van der Waals surface area contributed by atoms with Gasteiger partial charge in [-0.1, -0.05) is 6.92 Å². The Morgan fingerprint density at radius 2 is 2.09 bits per heavy atom. The van der Waals surface area contributed by atoms with Crippen molar-refractivity contribution in [1.82, 2.24) is 4.90 Å². The molecule has 1 fully saturated rings. The molecule has 0 radical (unpaired) electrons. The van der Waals surface area contributed by atoms with E-state index >= 15 is 0 Å². The molecule has 2 aliphatic rings. The largest absolute Gasteiger partial charge is 0.490 e. The molecule has 2 heterocycles. The van der Waals surface area contributed by atoms with Gasteiger partial charge in [0, 0.05) is 25.2 Å². The van der Waals surface area contributed by atoms with Crippen LogP contribution in [0.25, 0.3) is 0 Å². The van der Waals surface area contributed by atoms with Gasteiger partial charge in [-0.15, -0.1) is 0 Å². The van der Waals surface area contributed by atoms with Gasteiger partial charge in [0.15, 0.2) is 5.78 Å². The SMILES string of the molecule is CCC(C(=O)c1ccc2c(c1)NCCO2)N1CC(C)OC(C)C1. The molecule has 1 saturated heterocycles. The van der Waals surface area contributed by atoms with Gasteiger partial charge in [0.1, 0.15) is 12.4 Å². The summed E-state index contributed by atoms with van der Waals surface area (Å²) < 4.78 is 11.4. The highest BCUT2D eigenvalue weighted by Crippen LogP contribution is 2.29.